The van der Waals surface area contributed by atoms with Gasteiger partial charge in [-0.1, -0.05) is 30.3 Å². The highest BCUT2D eigenvalue weighted by Gasteiger charge is 2.28. The van der Waals surface area contributed by atoms with Gasteiger partial charge >= 0.3 is 0 Å². The Balaban J connectivity index is 2.08. The van der Waals surface area contributed by atoms with E-state index in [-0.39, 0.29) is 0 Å². The summed E-state index contributed by atoms with van der Waals surface area (Å²) in [6.07, 6.45) is 2.53. The third-order valence-electron chi connectivity index (χ3n) is 3.57. The van der Waals surface area contributed by atoms with E-state index < -0.39 is 0 Å². The third-order valence-corrected chi connectivity index (χ3v) is 3.57. The highest BCUT2D eigenvalue weighted by atomic mass is 16.5. The van der Waals surface area contributed by atoms with Crippen molar-refractivity contribution in [3.8, 4) is 0 Å². The van der Waals surface area contributed by atoms with Crippen molar-refractivity contribution in [2.75, 3.05) is 26.7 Å². The van der Waals surface area contributed by atoms with Crippen molar-refractivity contribution in [3.05, 3.63) is 35.9 Å². The Morgan fingerprint density at radius 2 is 2.18 bits per heavy atom. The van der Waals surface area contributed by atoms with Gasteiger partial charge in [-0.2, -0.15) is 0 Å². The van der Waals surface area contributed by atoms with Crippen molar-refractivity contribution in [2.24, 2.45) is 5.73 Å². The van der Waals surface area contributed by atoms with Crippen LogP contribution in [0.15, 0.2) is 30.3 Å². The molecule has 1 fully saturated rings. The molecule has 3 nitrogen and oxygen atoms in total. The molecule has 0 aromatic heterocycles. The predicted octanol–water partition coefficient (Wildman–Crippen LogP) is 1.80. The lowest BCUT2D eigenvalue weighted by atomic mass is 10.0. The molecule has 2 N–H and O–H groups in total. The topological polar surface area (TPSA) is 38.5 Å². The molecule has 2 unspecified atom stereocenters. The summed E-state index contributed by atoms with van der Waals surface area (Å²) in [5.74, 6) is 0. The number of nitrogens with zero attached hydrogens (tertiary/aromatic N) is 1. The Kier molecular flexibility index (Phi) is 4.54. The molecule has 0 bridgehead atoms. The van der Waals surface area contributed by atoms with Crippen molar-refractivity contribution in [1.29, 1.82) is 0 Å². The molecule has 2 rings (SSSR count). The maximum atomic E-state index is 5.74. The summed E-state index contributed by atoms with van der Waals surface area (Å²) < 4.78 is 5.43. The number of rotatable bonds is 5. The average Bonchev–Trinajstić information content (AvgIpc) is 2.85. The van der Waals surface area contributed by atoms with Gasteiger partial charge in [0.25, 0.3) is 0 Å². The normalized spacial score (nSPS) is 22.8. The van der Waals surface area contributed by atoms with Gasteiger partial charge < -0.3 is 10.5 Å². The largest absolute Gasteiger partial charge is 0.380 e. The van der Waals surface area contributed by atoms with Crippen LogP contribution in [0.4, 0.5) is 0 Å². The van der Waals surface area contributed by atoms with Gasteiger partial charge in [0.15, 0.2) is 0 Å². The van der Waals surface area contributed by atoms with E-state index >= 15 is 0 Å². The average molecular weight is 234 g/mol. The Morgan fingerprint density at radius 1 is 1.41 bits per heavy atom. The summed E-state index contributed by atoms with van der Waals surface area (Å²) in [5.41, 5.74) is 7.11. The molecule has 1 saturated heterocycles. The van der Waals surface area contributed by atoms with E-state index in [2.05, 4.69) is 35.2 Å². The molecule has 0 aliphatic carbocycles. The van der Waals surface area contributed by atoms with Gasteiger partial charge in [0, 0.05) is 26.2 Å². The lowest BCUT2D eigenvalue weighted by Gasteiger charge is -2.27. The second-order valence-corrected chi connectivity index (χ2v) is 4.65. The number of likely N-dealkylation sites (tertiary alicyclic amines) is 1. The minimum Gasteiger partial charge on any atom is -0.380 e. The summed E-state index contributed by atoms with van der Waals surface area (Å²) in [4.78, 5) is 2.50. The van der Waals surface area contributed by atoms with Crippen LogP contribution < -0.4 is 5.73 Å². The minimum atomic E-state index is 0.388. The Labute approximate surface area is 104 Å². The molecule has 0 radical (unpaired) electrons. The first-order valence-electron chi connectivity index (χ1n) is 6.37. The summed E-state index contributed by atoms with van der Waals surface area (Å²) >= 11 is 0. The maximum Gasteiger partial charge on any atom is 0.0710 e. The van der Waals surface area contributed by atoms with Crippen LogP contribution in [0.2, 0.25) is 0 Å². The molecule has 3 heteroatoms. The molecule has 1 aliphatic heterocycles. The van der Waals surface area contributed by atoms with Gasteiger partial charge in [0.1, 0.15) is 0 Å². The minimum absolute atomic E-state index is 0.388. The summed E-state index contributed by atoms with van der Waals surface area (Å²) in [6.45, 7) is 2.86. The molecule has 1 aromatic rings. The number of benzene rings is 1. The molecule has 1 heterocycles. The highest BCUT2D eigenvalue weighted by Crippen LogP contribution is 2.28. The van der Waals surface area contributed by atoms with E-state index in [0.717, 1.165) is 32.5 Å². The molecule has 0 saturated carbocycles. The molecule has 0 spiro atoms. The molecule has 17 heavy (non-hydrogen) atoms. The molecule has 2 atom stereocenters. The fourth-order valence-corrected chi connectivity index (χ4v) is 2.62. The van der Waals surface area contributed by atoms with Gasteiger partial charge in [-0.25, -0.2) is 0 Å². The standard InChI is InChI=1S/C14H22N2O/c1-17-13-8-10-16(11-13)14(7-9-15)12-5-3-2-4-6-12/h2-6,13-14H,7-11,15H2,1H3. The smallest absolute Gasteiger partial charge is 0.0710 e. The Morgan fingerprint density at radius 3 is 2.76 bits per heavy atom. The lowest BCUT2D eigenvalue weighted by Crippen LogP contribution is -2.29. The monoisotopic (exact) mass is 234 g/mol. The fourth-order valence-electron chi connectivity index (χ4n) is 2.62. The first-order chi connectivity index (χ1) is 8.35. The van der Waals surface area contributed by atoms with E-state index in [1.165, 1.54) is 5.56 Å². The van der Waals surface area contributed by atoms with E-state index in [1.54, 1.807) is 7.11 Å². The van der Waals surface area contributed by atoms with Gasteiger partial charge in [-0.05, 0) is 24.9 Å². The van der Waals surface area contributed by atoms with Crippen LogP contribution >= 0.6 is 0 Å². The molecule has 1 aliphatic rings. The lowest BCUT2D eigenvalue weighted by molar-refractivity contribution is 0.0999. The van der Waals surface area contributed by atoms with E-state index in [1.807, 2.05) is 0 Å². The third kappa shape index (κ3) is 3.06. The molecular formula is C14H22N2O. The Bertz CT molecular complexity index is 328. The van der Waals surface area contributed by atoms with E-state index in [4.69, 9.17) is 10.5 Å². The quantitative estimate of drug-likeness (QED) is 0.844. The van der Waals surface area contributed by atoms with Crippen LogP contribution in [0.25, 0.3) is 0 Å². The van der Waals surface area contributed by atoms with Gasteiger partial charge in [0.2, 0.25) is 0 Å². The van der Waals surface area contributed by atoms with Gasteiger partial charge in [-0.15, -0.1) is 0 Å². The number of hydrogen-bond acceptors (Lipinski definition) is 3. The highest BCUT2D eigenvalue weighted by molar-refractivity contribution is 5.19. The first kappa shape index (κ1) is 12.6. The SMILES string of the molecule is COC1CCN(C(CCN)c2ccccc2)C1. The fraction of sp³-hybridized carbons (Fsp3) is 0.571. The summed E-state index contributed by atoms with van der Waals surface area (Å²) in [6, 6.07) is 11.1. The zero-order valence-corrected chi connectivity index (χ0v) is 10.5. The van der Waals surface area contributed by atoms with Crippen molar-refractivity contribution in [2.45, 2.75) is 25.0 Å². The van der Waals surface area contributed by atoms with Crippen molar-refractivity contribution in [3.63, 3.8) is 0 Å². The zero-order chi connectivity index (χ0) is 12.1. The van der Waals surface area contributed by atoms with Crippen molar-refractivity contribution >= 4 is 0 Å². The van der Waals surface area contributed by atoms with Gasteiger partial charge in [-0.3, -0.25) is 4.90 Å². The summed E-state index contributed by atoms with van der Waals surface area (Å²) in [5, 5.41) is 0. The second kappa shape index (κ2) is 6.15. The van der Waals surface area contributed by atoms with Crippen LogP contribution in [-0.2, 0) is 4.74 Å². The van der Waals surface area contributed by atoms with Gasteiger partial charge in [0.05, 0.1) is 6.10 Å². The van der Waals surface area contributed by atoms with Crippen molar-refractivity contribution < 1.29 is 4.74 Å². The maximum absolute atomic E-state index is 5.74. The number of hydrogen-bond donors (Lipinski definition) is 1. The number of ether oxygens (including phenoxy) is 1. The van der Waals surface area contributed by atoms with Crippen LogP contribution in [0.1, 0.15) is 24.4 Å². The van der Waals surface area contributed by atoms with Crippen LogP contribution in [0.5, 0.6) is 0 Å². The Hall–Kier alpha value is -0.900. The van der Waals surface area contributed by atoms with Crippen LogP contribution in [0.3, 0.4) is 0 Å². The molecule has 94 valence electrons. The second-order valence-electron chi connectivity index (χ2n) is 4.65. The summed E-state index contributed by atoms with van der Waals surface area (Å²) in [7, 11) is 1.80. The molecule has 0 amide bonds. The van der Waals surface area contributed by atoms with Crippen molar-refractivity contribution in [1.82, 2.24) is 4.90 Å². The molecule has 1 aromatic carbocycles. The number of methoxy groups -OCH3 is 1. The predicted molar refractivity (Wildman–Crippen MR) is 69.8 cm³/mol. The van der Waals surface area contributed by atoms with Crippen LogP contribution in [0, 0.1) is 0 Å². The first-order valence-corrected chi connectivity index (χ1v) is 6.37. The van der Waals surface area contributed by atoms with E-state index in [9.17, 15) is 0 Å². The zero-order valence-electron chi connectivity index (χ0n) is 10.5. The number of nitrogens with two attached hydrogens (primary N) is 1. The van der Waals surface area contributed by atoms with Crippen LogP contribution in [-0.4, -0.2) is 37.7 Å². The van der Waals surface area contributed by atoms with E-state index in [0.29, 0.717) is 12.1 Å². The molecular weight excluding hydrogens is 212 g/mol.